The first-order chi connectivity index (χ1) is 9.35. The first-order valence-corrected chi connectivity index (χ1v) is 7.35. The topological polar surface area (TPSA) is 56.2 Å². The van der Waals surface area contributed by atoms with Crippen LogP contribution in [-0.4, -0.2) is 34.4 Å². The van der Waals surface area contributed by atoms with Gasteiger partial charge in [0, 0.05) is 0 Å². The van der Waals surface area contributed by atoms with Gasteiger partial charge in [0.2, 0.25) is 0 Å². The fourth-order valence-electron chi connectivity index (χ4n) is 2.01. The molecule has 0 saturated carbocycles. The van der Waals surface area contributed by atoms with E-state index in [2.05, 4.69) is 17.3 Å². The van der Waals surface area contributed by atoms with E-state index in [4.69, 9.17) is 16.3 Å². The van der Waals surface area contributed by atoms with Crippen molar-refractivity contribution < 1.29 is 9.53 Å². The number of rotatable bonds is 7. The average molecular weight is 302 g/mol. The molecule has 0 amide bonds. The molecule has 0 fully saturated rings. The van der Waals surface area contributed by atoms with Crippen LogP contribution in [0.5, 0.6) is 0 Å². The molecule has 0 bridgehead atoms. The summed E-state index contributed by atoms with van der Waals surface area (Å²) in [5.74, 6) is -0.267. The van der Waals surface area contributed by atoms with Crippen molar-refractivity contribution in [2.24, 2.45) is 0 Å². The molecular weight excluding hydrogens is 278 g/mol. The maximum atomic E-state index is 12.2. The third-order valence-electron chi connectivity index (χ3n) is 3.25. The molecule has 0 aliphatic carbocycles. The Labute approximate surface area is 125 Å². The number of nitrogens with one attached hydrogen (secondary N) is 1. The number of nitrogens with zero attached hydrogens (tertiary/aromatic N) is 2. The van der Waals surface area contributed by atoms with Gasteiger partial charge in [0.05, 0.1) is 29.6 Å². The van der Waals surface area contributed by atoms with Crippen molar-refractivity contribution in [1.29, 1.82) is 0 Å². The number of esters is 1. The summed E-state index contributed by atoms with van der Waals surface area (Å²) < 4.78 is 6.94. The van der Waals surface area contributed by atoms with E-state index in [1.54, 1.807) is 11.6 Å². The highest BCUT2D eigenvalue weighted by Crippen LogP contribution is 2.21. The molecule has 1 aromatic rings. The predicted molar refractivity (Wildman–Crippen MR) is 80.0 cm³/mol. The van der Waals surface area contributed by atoms with Crippen molar-refractivity contribution in [3.63, 3.8) is 0 Å². The third kappa shape index (κ3) is 3.73. The van der Waals surface area contributed by atoms with Gasteiger partial charge in [0.15, 0.2) is 0 Å². The molecule has 0 saturated heterocycles. The maximum Gasteiger partial charge on any atom is 0.327 e. The van der Waals surface area contributed by atoms with Crippen LogP contribution >= 0.6 is 11.6 Å². The normalized spacial score (nSPS) is 14.1. The largest absolute Gasteiger partial charge is 0.465 e. The average Bonchev–Trinajstić information content (AvgIpc) is 2.64. The Morgan fingerprint density at radius 3 is 2.55 bits per heavy atom. The van der Waals surface area contributed by atoms with E-state index in [1.807, 2.05) is 20.8 Å². The molecule has 114 valence electrons. The molecule has 1 aromatic heterocycles. The smallest absolute Gasteiger partial charge is 0.327 e. The molecule has 0 aliphatic heterocycles. The number of aryl methyl sites for hydroxylation is 1. The van der Waals surface area contributed by atoms with E-state index in [1.165, 1.54) is 0 Å². The highest BCUT2D eigenvalue weighted by Gasteiger charge is 2.35. The van der Waals surface area contributed by atoms with E-state index in [0.29, 0.717) is 18.2 Å². The van der Waals surface area contributed by atoms with E-state index < -0.39 is 5.54 Å². The van der Waals surface area contributed by atoms with Crippen LogP contribution in [0.2, 0.25) is 5.02 Å². The molecule has 0 radical (unpaired) electrons. The van der Waals surface area contributed by atoms with E-state index in [9.17, 15) is 4.79 Å². The van der Waals surface area contributed by atoms with Gasteiger partial charge in [-0.05, 0) is 40.7 Å². The summed E-state index contributed by atoms with van der Waals surface area (Å²) in [6, 6.07) is 0. The number of halogens is 1. The molecule has 1 N–H and O–H groups in total. The van der Waals surface area contributed by atoms with Gasteiger partial charge in [-0.1, -0.05) is 18.5 Å². The van der Waals surface area contributed by atoms with Crippen molar-refractivity contribution in [2.45, 2.75) is 53.1 Å². The third-order valence-corrected chi connectivity index (χ3v) is 3.80. The number of ether oxygens (including phenoxy) is 1. The van der Waals surface area contributed by atoms with Gasteiger partial charge in [0.25, 0.3) is 0 Å². The molecule has 1 unspecified atom stereocenters. The summed E-state index contributed by atoms with van der Waals surface area (Å²) in [4.78, 5) is 12.2. The molecular formula is C14H24ClN3O2. The van der Waals surface area contributed by atoms with Crippen molar-refractivity contribution >= 4 is 17.6 Å². The number of carbonyl (C=O) groups is 1. The first-order valence-electron chi connectivity index (χ1n) is 6.97. The number of aromatic nitrogens is 2. The molecule has 5 nitrogen and oxygen atoms in total. The SMILES string of the molecule is CCCNC(C)(Cn1nc(C)c(Cl)c1C)C(=O)OCC. The van der Waals surface area contributed by atoms with Gasteiger partial charge in [-0.25, -0.2) is 4.79 Å². The molecule has 0 aliphatic rings. The zero-order valence-electron chi connectivity index (χ0n) is 12.9. The molecule has 1 atom stereocenters. The zero-order chi connectivity index (χ0) is 15.3. The lowest BCUT2D eigenvalue weighted by Gasteiger charge is -2.28. The number of carbonyl (C=O) groups excluding carboxylic acids is 1. The van der Waals surface area contributed by atoms with Crippen molar-refractivity contribution in [1.82, 2.24) is 15.1 Å². The number of hydrogen-bond donors (Lipinski definition) is 1. The fraction of sp³-hybridized carbons (Fsp3) is 0.714. The standard InChI is InChI=1S/C14H24ClN3O2/c1-6-8-16-14(5,13(19)20-7-2)9-18-11(4)12(15)10(3)17-18/h16H,6-9H2,1-5H3. The molecule has 1 rings (SSSR count). The van der Waals surface area contributed by atoms with Crippen molar-refractivity contribution in [3.05, 3.63) is 16.4 Å². The van der Waals surface area contributed by atoms with Gasteiger partial charge in [-0.15, -0.1) is 0 Å². The lowest BCUT2D eigenvalue weighted by atomic mass is 10.0. The quantitative estimate of drug-likeness (QED) is 0.786. The first kappa shape index (κ1) is 17.0. The van der Waals surface area contributed by atoms with E-state index in [-0.39, 0.29) is 5.97 Å². The van der Waals surface area contributed by atoms with Crippen molar-refractivity contribution in [3.8, 4) is 0 Å². The minimum Gasteiger partial charge on any atom is -0.465 e. The van der Waals surface area contributed by atoms with Crippen LogP contribution in [0.3, 0.4) is 0 Å². The predicted octanol–water partition coefficient (Wildman–Crippen LogP) is 2.47. The van der Waals surface area contributed by atoms with Gasteiger partial charge in [-0.2, -0.15) is 5.10 Å². The Morgan fingerprint density at radius 1 is 1.45 bits per heavy atom. The lowest BCUT2D eigenvalue weighted by Crippen LogP contribution is -2.54. The Kier molecular flexibility index (Phi) is 6.02. The minimum absolute atomic E-state index is 0.267. The lowest BCUT2D eigenvalue weighted by molar-refractivity contribution is -0.151. The second-order valence-corrected chi connectivity index (χ2v) is 5.50. The molecule has 6 heteroatoms. The summed E-state index contributed by atoms with van der Waals surface area (Å²) in [5, 5.41) is 8.28. The Hall–Kier alpha value is -1.07. The molecule has 0 aromatic carbocycles. The molecule has 20 heavy (non-hydrogen) atoms. The summed E-state index contributed by atoms with van der Waals surface area (Å²) >= 11 is 6.15. The highest BCUT2D eigenvalue weighted by atomic mass is 35.5. The maximum absolute atomic E-state index is 12.2. The fourth-order valence-corrected chi connectivity index (χ4v) is 2.15. The second-order valence-electron chi connectivity index (χ2n) is 5.12. The second kappa shape index (κ2) is 7.09. The number of hydrogen-bond acceptors (Lipinski definition) is 4. The van der Waals surface area contributed by atoms with E-state index >= 15 is 0 Å². The van der Waals surface area contributed by atoms with Gasteiger partial charge in [-0.3, -0.25) is 4.68 Å². The van der Waals surface area contributed by atoms with Crippen LogP contribution in [0, 0.1) is 13.8 Å². The summed E-state index contributed by atoms with van der Waals surface area (Å²) in [5.41, 5.74) is 0.822. The monoisotopic (exact) mass is 301 g/mol. The minimum atomic E-state index is -0.807. The van der Waals surface area contributed by atoms with Gasteiger partial charge >= 0.3 is 5.97 Å². The van der Waals surface area contributed by atoms with Gasteiger partial charge in [0.1, 0.15) is 5.54 Å². The van der Waals surface area contributed by atoms with Crippen LogP contribution in [0.15, 0.2) is 0 Å². The molecule has 1 heterocycles. The zero-order valence-corrected chi connectivity index (χ0v) is 13.7. The van der Waals surface area contributed by atoms with Crippen molar-refractivity contribution in [2.75, 3.05) is 13.2 Å². The summed E-state index contributed by atoms with van der Waals surface area (Å²) in [6.07, 6.45) is 0.937. The van der Waals surface area contributed by atoms with Crippen LogP contribution < -0.4 is 5.32 Å². The van der Waals surface area contributed by atoms with Gasteiger partial charge < -0.3 is 10.1 Å². The highest BCUT2D eigenvalue weighted by molar-refractivity contribution is 6.31. The Morgan fingerprint density at radius 2 is 2.10 bits per heavy atom. The Bertz CT molecular complexity index is 473. The summed E-state index contributed by atoms with van der Waals surface area (Å²) in [7, 11) is 0. The molecule has 0 spiro atoms. The van der Waals surface area contributed by atoms with Crippen LogP contribution in [0.4, 0.5) is 0 Å². The summed E-state index contributed by atoms with van der Waals surface area (Å²) in [6.45, 7) is 10.9. The van der Waals surface area contributed by atoms with Crippen LogP contribution in [-0.2, 0) is 16.1 Å². The van der Waals surface area contributed by atoms with Crippen LogP contribution in [0.25, 0.3) is 0 Å². The Balaban J connectivity index is 2.99. The van der Waals surface area contributed by atoms with Crippen LogP contribution in [0.1, 0.15) is 38.6 Å². The van der Waals surface area contributed by atoms with E-state index in [0.717, 1.165) is 24.4 Å².